The van der Waals surface area contributed by atoms with Gasteiger partial charge in [0.25, 0.3) is 0 Å². The fourth-order valence-electron chi connectivity index (χ4n) is 4.74. The van der Waals surface area contributed by atoms with Crippen molar-refractivity contribution in [2.45, 2.75) is 98.4 Å². The smallest absolute Gasteiger partial charge is 0.185 e. The van der Waals surface area contributed by atoms with E-state index in [4.69, 9.17) is 36.1 Å². The van der Waals surface area contributed by atoms with Gasteiger partial charge in [0.05, 0.1) is 25.3 Å². The number of aliphatic hydroxyl groups excluding tert-OH is 5. The van der Waals surface area contributed by atoms with Gasteiger partial charge < -0.3 is 72.1 Å². The van der Waals surface area contributed by atoms with Gasteiger partial charge in [0.15, 0.2) is 12.6 Å². The minimum atomic E-state index is -1.44. The van der Waals surface area contributed by atoms with Crippen molar-refractivity contribution in [1.82, 2.24) is 5.32 Å². The summed E-state index contributed by atoms with van der Waals surface area (Å²) in [4.78, 5) is 0. The summed E-state index contributed by atoms with van der Waals surface area (Å²) in [5.74, 6) is 0. The Hall–Kier alpha value is -0.560. The molecule has 1 saturated carbocycles. The molecule has 0 unspecified atom stereocenters. The van der Waals surface area contributed by atoms with Gasteiger partial charge in [-0.3, -0.25) is 0 Å². The lowest BCUT2D eigenvalue weighted by atomic mass is 9.84. The van der Waals surface area contributed by atoms with Crippen LogP contribution < -0.4 is 22.5 Å². The number of aliphatic hydroxyl groups is 6. The van der Waals surface area contributed by atoms with E-state index < -0.39 is 91.7 Å². The first-order valence-electron chi connectivity index (χ1n) is 11.0. The van der Waals surface area contributed by atoms with Crippen molar-refractivity contribution < 1.29 is 49.6 Å². The normalized spacial score (nSPS) is 53.7. The molecule has 2 heterocycles. The molecule has 0 aromatic carbocycles. The molecule has 13 N–H and O–H groups in total. The molecule has 14 nitrogen and oxygen atoms in total. The van der Waals surface area contributed by atoms with Gasteiger partial charge >= 0.3 is 0 Å². The molecule has 0 aromatic rings. The first-order valence-corrected chi connectivity index (χ1v) is 11.0. The Kier molecular flexibility index (Phi) is 8.68. The molecule has 14 atom stereocenters. The Morgan fingerprint density at radius 1 is 0.939 bits per heavy atom. The maximum atomic E-state index is 11.0. The summed E-state index contributed by atoms with van der Waals surface area (Å²) in [6.45, 7) is 0.787. The molecule has 33 heavy (non-hydrogen) atoms. The van der Waals surface area contributed by atoms with E-state index in [9.17, 15) is 30.6 Å². The number of nitrogens with one attached hydrogen (secondary N) is 1. The van der Waals surface area contributed by atoms with Crippen LogP contribution in [0.4, 0.5) is 0 Å². The average Bonchev–Trinajstić information content (AvgIpc) is 2.75. The van der Waals surface area contributed by atoms with Gasteiger partial charge in [-0.2, -0.15) is 0 Å². The van der Waals surface area contributed by atoms with Crippen LogP contribution in [0.3, 0.4) is 0 Å². The number of rotatable bonds is 6. The van der Waals surface area contributed by atoms with Crippen LogP contribution in [0.2, 0.25) is 0 Å². The van der Waals surface area contributed by atoms with Gasteiger partial charge in [0.1, 0.15) is 48.3 Å². The van der Waals surface area contributed by atoms with Crippen LogP contribution in [0.15, 0.2) is 0 Å². The summed E-state index contributed by atoms with van der Waals surface area (Å²) >= 11 is 0. The first kappa shape index (κ1) is 27.0. The Morgan fingerprint density at radius 3 is 2.06 bits per heavy atom. The van der Waals surface area contributed by atoms with Crippen LogP contribution in [-0.4, -0.2) is 136 Å². The van der Waals surface area contributed by atoms with E-state index in [1.165, 1.54) is 6.92 Å². The monoisotopic (exact) mass is 482 g/mol. The van der Waals surface area contributed by atoms with Crippen molar-refractivity contribution in [3.05, 3.63) is 0 Å². The van der Waals surface area contributed by atoms with E-state index in [0.29, 0.717) is 0 Å². The van der Waals surface area contributed by atoms with Crippen molar-refractivity contribution >= 4 is 0 Å². The fourth-order valence-corrected chi connectivity index (χ4v) is 4.74. The summed E-state index contributed by atoms with van der Waals surface area (Å²) in [6, 6.07) is -3.44. The van der Waals surface area contributed by atoms with Crippen LogP contribution in [0.1, 0.15) is 13.3 Å². The highest BCUT2D eigenvalue weighted by Crippen LogP contribution is 2.31. The Balaban J connectivity index is 1.71. The van der Waals surface area contributed by atoms with Gasteiger partial charge in [-0.25, -0.2) is 0 Å². The lowest BCUT2D eigenvalue weighted by Gasteiger charge is -2.49. The van der Waals surface area contributed by atoms with Crippen molar-refractivity contribution in [2.24, 2.45) is 17.2 Å². The van der Waals surface area contributed by atoms with Crippen LogP contribution in [0.25, 0.3) is 0 Å². The first-order chi connectivity index (χ1) is 15.4. The van der Waals surface area contributed by atoms with Gasteiger partial charge in [0, 0.05) is 12.1 Å². The molecule has 194 valence electrons. The van der Waals surface area contributed by atoms with E-state index >= 15 is 0 Å². The topological polar surface area (TPSA) is 248 Å². The van der Waals surface area contributed by atoms with Gasteiger partial charge in [-0.15, -0.1) is 0 Å². The molecule has 0 aromatic heterocycles. The standard InChI is InChI=1S/C19H38N4O10/c1-19(29)5-30-18(13(28)16(19)23-2)33-15-7(21)3-6(20)14(12(15)27)32-17-9(22)11(26)10(25)8(4-24)31-17/h6-18,23-29H,3-5,20-22H2,1-2H3/t6-,7+,8-,9-,10-,11-,12-,13-,14+,15-,16-,17-,18-,19-/m1/s1. The average molecular weight is 483 g/mol. The third-order valence-corrected chi connectivity index (χ3v) is 6.71. The van der Waals surface area contributed by atoms with E-state index in [2.05, 4.69) is 5.32 Å². The minimum absolute atomic E-state index is 0.134. The number of nitrogens with two attached hydrogens (primary N) is 3. The number of hydrogen-bond acceptors (Lipinski definition) is 14. The fraction of sp³-hybridized carbons (Fsp3) is 1.00. The minimum Gasteiger partial charge on any atom is -0.394 e. The molecule has 3 aliphatic rings. The maximum Gasteiger partial charge on any atom is 0.185 e. The molecule has 0 bridgehead atoms. The zero-order valence-electron chi connectivity index (χ0n) is 18.7. The lowest BCUT2D eigenvalue weighted by Crippen LogP contribution is -2.69. The SMILES string of the molecule is CN[C@@H]1[C@@H](O)[C@@H](O[C@H]2[C@H](O)[C@@H](O[C@H]3O[C@H](CO)[C@@H](O)[C@H](O)[C@H]3N)[C@H](N)C[C@@H]2N)OC[C@@]1(C)O. The number of ether oxygens (including phenoxy) is 4. The molecule has 3 fully saturated rings. The third kappa shape index (κ3) is 5.34. The molecule has 14 heteroatoms. The predicted molar refractivity (Wildman–Crippen MR) is 111 cm³/mol. The van der Waals surface area contributed by atoms with Crippen molar-refractivity contribution in [1.29, 1.82) is 0 Å². The molecule has 0 amide bonds. The third-order valence-electron chi connectivity index (χ3n) is 6.71. The van der Waals surface area contributed by atoms with Crippen molar-refractivity contribution in [2.75, 3.05) is 20.3 Å². The quantitative estimate of drug-likeness (QED) is 0.169. The van der Waals surface area contributed by atoms with Crippen LogP contribution >= 0.6 is 0 Å². The molecule has 1 aliphatic carbocycles. The highest BCUT2D eigenvalue weighted by atomic mass is 16.7. The van der Waals surface area contributed by atoms with Gasteiger partial charge in [0.2, 0.25) is 0 Å². The van der Waals surface area contributed by atoms with Crippen LogP contribution in [-0.2, 0) is 18.9 Å². The molecular weight excluding hydrogens is 444 g/mol. The highest BCUT2D eigenvalue weighted by Gasteiger charge is 2.52. The Labute approximate surface area is 191 Å². The number of likely N-dealkylation sites (N-methyl/N-ethyl adjacent to an activating group) is 1. The zero-order valence-corrected chi connectivity index (χ0v) is 18.7. The molecule has 2 aliphatic heterocycles. The van der Waals surface area contributed by atoms with E-state index in [1.54, 1.807) is 7.05 Å². The van der Waals surface area contributed by atoms with Gasteiger partial charge in [-0.05, 0) is 20.4 Å². The molecular formula is C19H38N4O10. The number of hydrogen-bond donors (Lipinski definition) is 10. The predicted octanol–water partition coefficient (Wildman–Crippen LogP) is -6.00. The van der Waals surface area contributed by atoms with Crippen LogP contribution in [0.5, 0.6) is 0 Å². The van der Waals surface area contributed by atoms with Crippen molar-refractivity contribution in [3.8, 4) is 0 Å². The summed E-state index contributed by atoms with van der Waals surface area (Å²) in [5.41, 5.74) is 16.9. The molecule has 0 radical (unpaired) electrons. The van der Waals surface area contributed by atoms with E-state index in [0.717, 1.165) is 0 Å². The van der Waals surface area contributed by atoms with E-state index in [1.807, 2.05) is 0 Å². The van der Waals surface area contributed by atoms with Crippen molar-refractivity contribution in [3.63, 3.8) is 0 Å². The van der Waals surface area contributed by atoms with Gasteiger partial charge in [-0.1, -0.05) is 0 Å². The second-order valence-corrected chi connectivity index (χ2v) is 9.33. The summed E-state index contributed by atoms with van der Waals surface area (Å²) in [7, 11) is 1.58. The molecule has 3 rings (SSSR count). The van der Waals surface area contributed by atoms with Crippen LogP contribution in [0, 0.1) is 0 Å². The second kappa shape index (κ2) is 10.6. The maximum absolute atomic E-state index is 11.0. The second-order valence-electron chi connectivity index (χ2n) is 9.33. The summed E-state index contributed by atoms with van der Waals surface area (Å²) in [5, 5.41) is 64.4. The summed E-state index contributed by atoms with van der Waals surface area (Å²) in [6.07, 6.45) is -11.2. The summed E-state index contributed by atoms with van der Waals surface area (Å²) < 4.78 is 22.6. The molecule has 2 saturated heterocycles. The largest absolute Gasteiger partial charge is 0.394 e. The van der Waals surface area contributed by atoms with E-state index in [-0.39, 0.29) is 13.0 Å². The molecule has 0 spiro atoms. The lowest BCUT2D eigenvalue weighted by molar-refractivity contribution is -0.316. The Morgan fingerprint density at radius 2 is 1.52 bits per heavy atom. The Bertz CT molecular complexity index is 646. The highest BCUT2D eigenvalue weighted by molar-refractivity contribution is 5.02. The zero-order chi connectivity index (χ0) is 24.7.